The van der Waals surface area contributed by atoms with Crippen LogP contribution in [0.2, 0.25) is 0 Å². The number of amides is 1. The highest BCUT2D eigenvalue weighted by molar-refractivity contribution is 5.97. The third-order valence-corrected chi connectivity index (χ3v) is 7.41. The molecule has 0 aliphatic carbocycles. The van der Waals surface area contributed by atoms with Crippen LogP contribution in [0, 0.1) is 11.3 Å². The van der Waals surface area contributed by atoms with Crippen LogP contribution >= 0.6 is 0 Å². The first kappa shape index (κ1) is 25.9. The van der Waals surface area contributed by atoms with Crippen LogP contribution in [0.25, 0.3) is 33.6 Å². The molecule has 0 bridgehead atoms. The zero-order valence-corrected chi connectivity index (χ0v) is 22.2. The highest BCUT2D eigenvalue weighted by atomic mass is 16.5. The molecule has 2 N–H and O–H groups in total. The van der Waals surface area contributed by atoms with Gasteiger partial charge in [-0.15, -0.1) is 0 Å². The Morgan fingerprint density at radius 2 is 1.95 bits per heavy atom. The van der Waals surface area contributed by atoms with E-state index >= 15 is 0 Å². The SMILES string of the molecule is COc1cc(C(=O)NC2CCNC2)ccc1-c1cc2nccc(-c3ccc(OC4CCOCC4)c(C#N)c3)c2o1. The number of nitrogens with one attached hydrogen (secondary N) is 2. The molecule has 4 heterocycles. The Bertz CT molecular complexity index is 1580. The molecule has 9 nitrogen and oxygen atoms in total. The van der Waals surface area contributed by atoms with E-state index in [4.69, 9.17) is 18.6 Å². The molecule has 40 heavy (non-hydrogen) atoms. The number of ether oxygens (including phenoxy) is 3. The zero-order chi connectivity index (χ0) is 27.5. The maximum absolute atomic E-state index is 12.8. The van der Waals surface area contributed by atoms with Crippen LogP contribution in [0.15, 0.2) is 59.1 Å². The Balaban J connectivity index is 1.30. The summed E-state index contributed by atoms with van der Waals surface area (Å²) in [5.41, 5.74) is 4.60. The number of fused-ring (bicyclic) bond motifs is 1. The average Bonchev–Trinajstić information content (AvgIpc) is 3.67. The lowest BCUT2D eigenvalue weighted by Gasteiger charge is -2.23. The topological polar surface area (TPSA) is 119 Å². The Morgan fingerprint density at radius 1 is 1.07 bits per heavy atom. The molecular weight excluding hydrogens is 508 g/mol. The van der Waals surface area contributed by atoms with Gasteiger partial charge in [0, 0.05) is 48.8 Å². The van der Waals surface area contributed by atoms with Crippen molar-refractivity contribution in [3.8, 4) is 40.0 Å². The lowest BCUT2D eigenvalue weighted by Crippen LogP contribution is -2.36. The van der Waals surface area contributed by atoms with Gasteiger partial charge in [-0.25, -0.2) is 0 Å². The van der Waals surface area contributed by atoms with Gasteiger partial charge in [0.2, 0.25) is 0 Å². The van der Waals surface area contributed by atoms with E-state index < -0.39 is 0 Å². The third-order valence-electron chi connectivity index (χ3n) is 7.41. The van der Waals surface area contributed by atoms with Crippen molar-refractivity contribution in [2.75, 3.05) is 33.4 Å². The van der Waals surface area contributed by atoms with E-state index in [1.807, 2.05) is 36.4 Å². The van der Waals surface area contributed by atoms with Crippen LogP contribution in [-0.2, 0) is 4.74 Å². The summed E-state index contributed by atoms with van der Waals surface area (Å²) < 4.78 is 23.5. The van der Waals surface area contributed by atoms with E-state index in [1.54, 1.807) is 25.4 Å². The first-order chi connectivity index (χ1) is 19.6. The Kier molecular flexibility index (Phi) is 7.36. The van der Waals surface area contributed by atoms with Gasteiger partial charge in [-0.3, -0.25) is 9.78 Å². The molecule has 2 aromatic heterocycles. The minimum atomic E-state index is -0.135. The highest BCUT2D eigenvalue weighted by Gasteiger charge is 2.21. The fourth-order valence-electron chi connectivity index (χ4n) is 5.24. The van der Waals surface area contributed by atoms with Gasteiger partial charge in [-0.2, -0.15) is 5.26 Å². The minimum absolute atomic E-state index is 0.0409. The number of benzene rings is 2. The Morgan fingerprint density at radius 3 is 2.73 bits per heavy atom. The Labute approximate surface area is 232 Å². The van der Waals surface area contributed by atoms with Crippen molar-refractivity contribution in [1.82, 2.24) is 15.6 Å². The third kappa shape index (κ3) is 5.24. The fourth-order valence-corrected chi connectivity index (χ4v) is 5.24. The zero-order valence-electron chi connectivity index (χ0n) is 22.2. The fraction of sp³-hybridized carbons (Fsp3) is 0.323. The van der Waals surface area contributed by atoms with Crippen LogP contribution in [-0.4, -0.2) is 56.5 Å². The van der Waals surface area contributed by atoms with Crippen LogP contribution in [0.5, 0.6) is 11.5 Å². The first-order valence-corrected chi connectivity index (χ1v) is 13.5. The second-order valence-corrected chi connectivity index (χ2v) is 10.0. The molecule has 4 aromatic rings. The molecular formula is C31H30N4O5. The number of hydrogen-bond donors (Lipinski definition) is 2. The van der Waals surface area contributed by atoms with E-state index in [0.29, 0.717) is 58.3 Å². The summed E-state index contributed by atoms with van der Waals surface area (Å²) in [6.45, 7) is 3.01. The number of nitrogens with zero attached hydrogens (tertiary/aromatic N) is 2. The summed E-state index contributed by atoms with van der Waals surface area (Å²) in [5, 5.41) is 16.2. The molecule has 2 aliphatic heterocycles. The monoisotopic (exact) mass is 538 g/mol. The first-order valence-electron chi connectivity index (χ1n) is 13.5. The number of pyridine rings is 1. The van der Waals surface area contributed by atoms with Crippen molar-refractivity contribution in [2.24, 2.45) is 0 Å². The maximum atomic E-state index is 12.8. The van der Waals surface area contributed by atoms with Crippen LogP contribution in [0.3, 0.4) is 0 Å². The van der Waals surface area contributed by atoms with E-state index in [9.17, 15) is 10.1 Å². The predicted octanol–water partition coefficient (Wildman–Crippen LogP) is 4.69. The Hall–Kier alpha value is -4.39. The summed E-state index contributed by atoms with van der Waals surface area (Å²) in [6.07, 6.45) is 4.29. The number of aromatic nitrogens is 1. The van der Waals surface area contributed by atoms with Gasteiger partial charge in [-0.05, 0) is 54.9 Å². The molecule has 1 amide bonds. The molecule has 2 aromatic carbocycles. The largest absolute Gasteiger partial charge is 0.496 e. The molecule has 1 atom stereocenters. The van der Waals surface area contributed by atoms with Crippen molar-refractivity contribution in [1.29, 1.82) is 5.26 Å². The molecule has 1 unspecified atom stereocenters. The van der Waals surface area contributed by atoms with Gasteiger partial charge in [0.15, 0.2) is 5.58 Å². The van der Waals surface area contributed by atoms with Crippen LogP contribution < -0.4 is 20.1 Å². The number of nitriles is 1. The molecule has 2 saturated heterocycles. The van der Waals surface area contributed by atoms with E-state index in [-0.39, 0.29) is 18.1 Å². The van der Waals surface area contributed by atoms with Crippen molar-refractivity contribution < 1.29 is 23.4 Å². The number of methoxy groups -OCH3 is 1. The molecule has 0 spiro atoms. The molecule has 0 saturated carbocycles. The molecule has 204 valence electrons. The summed E-state index contributed by atoms with van der Waals surface area (Å²) in [4.78, 5) is 17.3. The van der Waals surface area contributed by atoms with Crippen LogP contribution in [0.4, 0.5) is 0 Å². The second kappa shape index (κ2) is 11.4. The van der Waals surface area contributed by atoms with Gasteiger partial charge in [-0.1, -0.05) is 6.07 Å². The summed E-state index contributed by atoms with van der Waals surface area (Å²) >= 11 is 0. The average molecular weight is 539 g/mol. The van der Waals surface area contributed by atoms with Gasteiger partial charge >= 0.3 is 0 Å². The minimum Gasteiger partial charge on any atom is -0.496 e. The quantitative estimate of drug-likeness (QED) is 0.348. The molecule has 6 rings (SSSR count). The van der Waals surface area contributed by atoms with Gasteiger partial charge in [0.25, 0.3) is 5.91 Å². The number of carbonyl (C=O) groups excluding carboxylic acids is 1. The maximum Gasteiger partial charge on any atom is 0.251 e. The molecule has 0 radical (unpaired) electrons. The smallest absolute Gasteiger partial charge is 0.251 e. The summed E-state index contributed by atoms with van der Waals surface area (Å²) in [6, 6.07) is 17.0. The number of carbonyl (C=O) groups is 1. The molecule has 9 heteroatoms. The van der Waals surface area contributed by atoms with E-state index in [1.165, 1.54) is 0 Å². The number of furan rings is 1. The number of rotatable bonds is 7. The van der Waals surface area contributed by atoms with Crippen molar-refractivity contribution >= 4 is 17.0 Å². The predicted molar refractivity (Wildman–Crippen MR) is 149 cm³/mol. The number of hydrogen-bond acceptors (Lipinski definition) is 8. The van der Waals surface area contributed by atoms with Gasteiger partial charge < -0.3 is 29.3 Å². The van der Waals surface area contributed by atoms with Crippen LogP contribution in [0.1, 0.15) is 35.2 Å². The van der Waals surface area contributed by atoms with Gasteiger partial charge in [0.1, 0.15) is 34.9 Å². The standard InChI is InChI=1S/C31H30N4O5/c1-37-28-15-20(31(36)35-22-6-10-33-18-22)2-4-25(28)29-16-26-30(40-29)24(7-11-34-26)19-3-5-27(21(14-19)17-32)39-23-8-12-38-13-9-23/h2-5,7,11,14-16,22-23,33H,6,8-10,12-13,18H2,1H3,(H,35,36). The normalized spacial score (nSPS) is 17.4. The van der Waals surface area contributed by atoms with E-state index in [0.717, 1.165) is 43.5 Å². The lowest BCUT2D eigenvalue weighted by molar-refractivity contribution is 0.0254. The van der Waals surface area contributed by atoms with Gasteiger partial charge in [0.05, 0.1) is 31.5 Å². The summed E-state index contributed by atoms with van der Waals surface area (Å²) in [5.74, 6) is 1.53. The van der Waals surface area contributed by atoms with Crippen molar-refractivity contribution in [2.45, 2.75) is 31.4 Å². The molecule has 2 fully saturated rings. The van der Waals surface area contributed by atoms with Crippen molar-refractivity contribution in [3.05, 3.63) is 65.9 Å². The molecule has 2 aliphatic rings. The van der Waals surface area contributed by atoms with E-state index in [2.05, 4.69) is 21.7 Å². The lowest BCUT2D eigenvalue weighted by atomic mass is 10.0. The van der Waals surface area contributed by atoms with Crippen molar-refractivity contribution in [3.63, 3.8) is 0 Å². The summed E-state index contributed by atoms with van der Waals surface area (Å²) in [7, 11) is 1.57. The second-order valence-electron chi connectivity index (χ2n) is 10.0. The highest BCUT2D eigenvalue weighted by Crippen LogP contribution is 2.38.